The fourth-order valence-electron chi connectivity index (χ4n) is 4.26. The van der Waals surface area contributed by atoms with Crippen molar-refractivity contribution >= 4 is 21.7 Å². The normalized spacial score (nSPS) is 20.3. The van der Waals surface area contributed by atoms with Crippen molar-refractivity contribution in [1.29, 1.82) is 0 Å². The Hall–Kier alpha value is -2.20. The molecule has 0 N–H and O–H groups in total. The maximum Gasteiger partial charge on any atom is 0.185 e. The molecule has 28 heavy (non-hydrogen) atoms. The molecule has 0 heterocycles. The minimum atomic E-state index is -3.22. The van der Waals surface area contributed by atoms with Gasteiger partial charge in [0.1, 0.15) is 0 Å². The molecular formula is C24H28O3S. The van der Waals surface area contributed by atoms with Crippen molar-refractivity contribution in [2.45, 2.75) is 50.3 Å². The van der Waals surface area contributed by atoms with E-state index in [-0.39, 0.29) is 21.5 Å². The lowest BCUT2D eigenvalue weighted by molar-refractivity contribution is 0.104. The fourth-order valence-corrected chi connectivity index (χ4v) is 4.89. The molecule has 0 spiro atoms. The van der Waals surface area contributed by atoms with E-state index in [0.717, 1.165) is 5.56 Å². The number of hydrogen-bond donors (Lipinski definition) is 0. The van der Waals surface area contributed by atoms with E-state index in [1.807, 2.05) is 12.1 Å². The van der Waals surface area contributed by atoms with Crippen molar-refractivity contribution in [3.63, 3.8) is 0 Å². The monoisotopic (exact) mass is 396 g/mol. The fraction of sp³-hybridized carbons (Fsp3) is 0.375. The largest absolute Gasteiger partial charge is 0.289 e. The Morgan fingerprint density at radius 1 is 0.929 bits per heavy atom. The van der Waals surface area contributed by atoms with Gasteiger partial charge in [-0.1, -0.05) is 65.0 Å². The lowest BCUT2D eigenvalue weighted by Crippen LogP contribution is -2.30. The summed E-state index contributed by atoms with van der Waals surface area (Å²) in [4.78, 5) is 13.0. The van der Waals surface area contributed by atoms with Crippen LogP contribution in [0.15, 0.2) is 53.4 Å². The summed E-state index contributed by atoms with van der Waals surface area (Å²) in [6.45, 7) is 11.3. The highest BCUT2D eigenvalue weighted by Gasteiger charge is 2.48. The molecule has 0 radical (unpaired) electrons. The molecule has 0 bridgehead atoms. The van der Waals surface area contributed by atoms with Gasteiger partial charge < -0.3 is 0 Å². The van der Waals surface area contributed by atoms with Crippen LogP contribution in [-0.4, -0.2) is 20.5 Å². The highest BCUT2D eigenvalue weighted by atomic mass is 32.2. The van der Waals surface area contributed by atoms with Crippen molar-refractivity contribution in [3.05, 3.63) is 70.8 Å². The van der Waals surface area contributed by atoms with Crippen LogP contribution in [-0.2, 0) is 20.7 Å². The Labute approximate surface area is 168 Å². The molecule has 0 amide bonds. The second-order valence-electron chi connectivity index (χ2n) is 8.96. The predicted molar refractivity (Wildman–Crippen MR) is 115 cm³/mol. The number of rotatable bonds is 4. The third kappa shape index (κ3) is 3.46. The summed E-state index contributed by atoms with van der Waals surface area (Å²) in [5, 5.41) is 0. The van der Waals surface area contributed by atoms with Gasteiger partial charge in [-0.2, -0.15) is 0 Å². The number of hydrogen-bond acceptors (Lipinski definition) is 3. The molecule has 0 aromatic heterocycles. The molecule has 0 saturated carbocycles. The van der Waals surface area contributed by atoms with Crippen LogP contribution < -0.4 is 0 Å². The number of ketones is 1. The Kier molecular flexibility index (Phi) is 4.91. The van der Waals surface area contributed by atoms with Crippen LogP contribution in [0, 0.1) is 5.92 Å². The van der Waals surface area contributed by atoms with Crippen LogP contribution in [0.3, 0.4) is 0 Å². The third-order valence-electron chi connectivity index (χ3n) is 6.59. The average molecular weight is 397 g/mol. The first-order chi connectivity index (χ1) is 12.8. The summed E-state index contributed by atoms with van der Waals surface area (Å²) in [7, 11) is -3.22. The van der Waals surface area contributed by atoms with Crippen LogP contribution in [0.25, 0.3) is 6.08 Å². The van der Waals surface area contributed by atoms with Crippen LogP contribution in [0.4, 0.5) is 0 Å². The van der Waals surface area contributed by atoms with Gasteiger partial charge in [-0.3, -0.25) is 4.79 Å². The van der Waals surface area contributed by atoms with E-state index in [4.69, 9.17) is 0 Å². The first kappa shape index (κ1) is 20.5. The van der Waals surface area contributed by atoms with Crippen molar-refractivity contribution < 1.29 is 13.2 Å². The third-order valence-corrected chi connectivity index (χ3v) is 7.72. The molecule has 2 aromatic carbocycles. The lowest BCUT2D eigenvalue weighted by atomic mass is 9.71. The summed E-state index contributed by atoms with van der Waals surface area (Å²) in [6, 6.07) is 12.6. The number of fused-ring (bicyclic) bond motifs is 1. The molecule has 3 rings (SSSR count). The Balaban J connectivity index is 1.87. The summed E-state index contributed by atoms with van der Waals surface area (Å²) in [5.74, 6) is 0.424. The van der Waals surface area contributed by atoms with Gasteiger partial charge in [-0.05, 0) is 57.7 Å². The smallest absolute Gasteiger partial charge is 0.185 e. The van der Waals surface area contributed by atoms with Gasteiger partial charge in [0.15, 0.2) is 15.6 Å². The van der Waals surface area contributed by atoms with Gasteiger partial charge >= 0.3 is 0 Å². The van der Waals surface area contributed by atoms with E-state index in [9.17, 15) is 13.2 Å². The Bertz CT molecular complexity index is 1060. The zero-order valence-corrected chi connectivity index (χ0v) is 18.2. The molecule has 1 atom stereocenters. The SMILES string of the molecule is CC1C(C)(C)c2ccc(C(=O)C=Cc3ccc(S(C)(=O)=O)cc3)cc2C1(C)C. The number of sulfone groups is 1. The number of carbonyl (C=O) groups excluding carboxylic acids is 1. The minimum Gasteiger partial charge on any atom is -0.289 e. The average Bonchev–Trinajstić information content (AvgIpc) is 2.77. The van der Waals surface area contributed by atoms with Gasteiger partial charge in [0.2, 0.25) is 0 Å². The Morgan fingerprint density at radius 3 is 2.07 bits per heavy atom. The van der Waals surface area contributed by atoms with Gasteiger partial charge in [0.05, 0.1) is 4.90 Å². The van der Waals surface area contributed by atoms with E-state index >= 15 is 0 Å². The molecule has 0 aliphatic heterocycles. The van der Waals surface area contributed by atoms with Crippen molar-refractivity contribution in [2.75, 3.05) is 6.26 Å². The van der Waals surface area contributed by atoms with Gasteiger partial charge in [-0.15, -0.1) is 0 Å². The molecular weight excluding hydrogens is 368 g/mol. The second-order valence-corrected chi connectivity index (χ2v) is 11.0. The lowest BCUT2D eigenvalue weighted by Gasteiger charge is -2.32. The maximum absolute atomic E-state index is 12.7. The first-order valence-electron chi connectivity index (χ1n) is 9.52. The molecule has 2 aromatic rings. The Morgan fingerprint density at radius 2 is 1.50 bits per heavy atom. The van der Waals surface area contributed by atoms with Crippen molar-refractivity contribution in [2.24, 2.45) is 5.92 Å². The van der Waals surface area contributed by atoms with Crippen LogP contribution in [0.5, 0.6) is 0 Å². The van der Waals surface area contributed by atoms with Gasteiger partial charge in [-0.25, -0.2) is 8.42 Å². The number of allylic oxidation sites excluding steroid dienone is 1. The topological polar surface area (TPSA) is 51.2 Å². The van der Waals surface area contributed by atoms with E-state index < -0.39 is 9.84 Å². The molecule has 0 saturated heterocycles. The maximum atomic E-state index is 12.7. The minimum absolute atomic E-state index is 0.0142. The van der Waals surface area contributed by atoms with E-state index in [1.165, 1.54) is 17.4 Å². The molecule has 1 aliphatic carbocycles. The number of benzene rings is 2. The first-order valence-corrected chi connectivity index (χ1v) is 11.4. The zero-order chi connectivity index (χ0) is 20.9. The van der Waals surface area contributed by atoms with Crippen LogP contribution in [0.1, 0.15) is 61.7 Å². The predicted octanol–water partition coefficient (Wildman–Crippen LogP) is 5.19. The highest BCUT2D eigenvalue weighted by Crippen LogP contribution is 2.53. The summed E-state index contributed by atoms with van der Waals surface area (Å²) < 4.78 is 23.1. The quantitative estimate of drug-likeness (QED) is 0.528. The van der Waals surface area contributed by atoms with Crippen molar-refractivity contribution in [1.82, 2.24) is 0 Å². The van der Waals surface area contributed by atoms with E-state index in [0.29, 0.717) is 11.5 Å². The molecule has 1 aliphatic rings. The zero-order valence-electron chi connectivity index (χ0n) is 17.4. The molecule has 4 heteroatoms. The summed E-state index contributed by atoms with van der Waals surface area (Å²) in [6.07, 6.45) is 4.45. The molecule has 1 unspecified atom stereocenters. The van der Waals surface area contributed by atoms with Crippen LogP contribution >= 0.6 is 0 Å². The second kappa shape index (κ2) is 6.70. The van der Waals surface area contributed by atoms with Crippen molar-refractivity contribution in [3.8, 4) is 0 Å². The molecule has 148 valence electrons. The summed E-state index contributed by atoms with van der Waals surface area (Å²) >= 11 is 0. The number of carbonyl (C=O) groups is 1. The van der Waals surface area contributed by atoms with Gasteiger partial charge in [0.25, 0.3) is 0 Å². The van der Waals surface area contributed by atoms with Gasteiger partial charge in [0, 0.05) is 11.8 Å². The molecule has 0 fully saturated rings. The van der Waals surface area contributed by atoms with E-state index in [2.05, 4.69) is 40.7 Å². The highest BCUT2D eigenvalue weighted by molar-refractivity contribution is 7.90. The summed E-state index contributed by atoms with van der Waals surface area (Å²) in [5.41, 5.74) is 4.14. The standard InChI is InChI=1S/C24H28O3S/c1-16-23(2,3)20-13-10-18(15-21(20)24(16,4)5)22(25)14-9-17-7-11-19(12-8-17)28(6,26)27/h7-16H,1-6H3. The van der Waals surface area contributed by atoms with E-state index in [1.54, 1.807) is 36.4 Å². The van der Waals surface area contributed by atoms with Crippen LogP contribution in [0.2, 0.25) is 0 Å². The molecule has 3 nitrogen and oxygen atoms in total.